The topological polar surface area (TPSA) is 108 Å². The molecule has 1 atom stereocenters. The predicted octanol–water partition coefficient (Wildman–Crippen LogP) is 5.67. The fourth-order valence-electron chi connectivity index (χ4n) is 4.94. The molecule has 3 aromatic carbocycles. The Labute approximate surface area is 252 Å². The van der Waals surface area contributed by atoms with Crippen LogP contribution >= 0.6 is 0 Å². The highest BCUT2D eigenvalue weighted by Gasteiger charge is 2.36. The van der Waals surface area contributed by atoms with Crippen molar-refractivity contribution in [3.8, 4) is 0 Å². The largest absolute Gasteiger partial charge is 0.462 e. The van der Waals surface area contributed by atoms with E-state index in [1.54, 1.807) is 37.3 Å². The Hall–Kier alpha value is -4.92. The van der Waals surface area contributed by atoms with Crippen LogP contribution in [0.15, 0.2) is 78.4 Å². The van der Waals surface area contributed by atoms with Crippen LogP contribution in [0.3, 0.4) is 0 Å². The van der Waals surface area contributed by atoms with Gasteiger partial charge in [0.05, 0.1) is 30.1 Å². The second-order valence-electron chi connectivity index (χ2n) is 10.8. The lowest BCUT2D eigenvalue weighted by atomic mass is 10.0. The number of hydrogen-bond acceptors (Lipinski definition) is 6. The first kappa shape index (κ1) is 31.0. The van der Waals surface area contributed by atoms with Crippen LogP contribution in [0, 0.1) is 13.8 Å². The molecule has 0 aliphatic carbocycles. The lowest BCUT2D eigenvalue weighted by molar-refractivity contribution is -0.120. The molecule has 0 spiro atoms. The number of benzene rings is 3. The minimum absolute atomic E-state index is 0.183. The average Bonchev–Trinajstić information content (AvgIpc) is 3.06. The molecular weight excluding hydrogens is 544 g/mol. The molecule has 4 rings (SSSR count). The van der Waals surface area contributed by atoms with E-state index in [9.17, 15) is 19.2 Å². The van der Waals surface area contributed by atoms with E-state index in [1.807, 2.05) is 62.9 Å². The van der Waals surface area contributed by atoms with Gasteiger partial charge in [0.1, 0.15) is 6.04 Å². The fraction of sp³-hybridized carbons (Fsp3) is 0.294. The molecule has 0 radical (unpaired) electrons. The third kappa shape index (κ3) is 7.68. The van der Waals surface area contributed by atoms with Gasteiger partial charge >= 0.3 is 12.0 Å². The lowest BCUT2D eigenvalue weighted by Crippen LogP contribution is -2.54. The van der Waals surface area contributed by atoms with E-state index in [0.717, 1.165) is 22.4 Å². The Morgan fingerprint density at radius 3 is 2.47 bits per heavy atom. The summed E-state index contributed by atoms with van der Waals surface area (Å²) >= 11 is 0. The van der Waals surface area contributed by atoms with Crippen molar-refractivity contribution >= 4 is 40.8 Å². The highest BCUT2D eigenvalue weighted by atomic mass is 16.5. The van der Waals surface area contributed by atoms with Crippen LogP contribution in [-0.4, -0.2) is 56.0 Å². The van der Waals surface area contributed by atoms with E-state index in [-0.39, 0.29) is 25.5 Å². The summed E-state index contributed by atoms with van der Waals surface area (Å²) in [5.74, 6) is -1.10. The molecule has 43 heavy (non-hydrogen) atoms. The van der Waals surface area contributed by atoms with E-state index in [2.05, 4.69) is 16.7 Å². The van der Waals surface area contributed by atoms with Crippen LogP contribution in [0.25, 0.3) is 0 Å². The zero-order valence-corrected chi connectivity index (χ0v) is 25.3. The van der Waals surface area contributed by atoms with E-state index in [0.29, 0.717) is 29.0 Å². The monoisotopic (exact) mass is 582 g/mol. The minimum atomic E-state index is -0.976. The van der Waals surface area contributed by atoms with Gasteiger partial charge in [-0.05, 0) is 76.1 Å². The number of carbonyl (C=O) groups excluding carboxylic acids is 4. The molecule has 224 valence electrons. The summed E-state index contributed by atoms with van der Waals surface area (Å²) in [6.45, 7) is 10.3. The molecule has 3 aromatic rings. The molecule has 1 aliphatic heterocycles. The number of anilines is 3. The van der Waals surface area contributed by atoms with E-state index in [1.165, 1.54) is 11.0 Å². The molecule has 0 saturated heterocycles. The summed E-state index contributed by atoms with van der Waals surface area (Å²) in [6, 6.07) is 17.9. The van der Waals surface area contributed by atoms with Crippen molar-refractivity contribution in [3.63, 3.8) is 0 Å². The zero-order valence-electron chi connectivity index (χ0n) is 25.3. The lowest BCUT2D eigenvalue weighted by Gasteiger charge is -2.26. The molecule has 0 saturated carbocycles. The van der Waals surface area contributed by atoms with Gasteiger partial charge < -0.3 is 25.2 Å². The van der Waals surface area contributed by atoms with Crippen molar-refractivity contribution < 1.29 is 23.9 Å². The molecule has 0 bridgehead atoms. The third-order valence-electron chi connectivity index (χ3n) is 7.13. The Kier molecular flexibility index (Phi) is 9.98. The number of urea groups is 1. The molecule has 9 nitrogen and oxygen atoms in total. The van der Waals surface area contributed by atoms with Crippen molar-refractivity contribution in [2.75, 3.05) is 41.4 Å². The average molecular weight is 583 g/mol. The Morgan fingerprint density at radius 1 is 0.977 bits per heavy atom. The number of nitrogens with one attached hydrogen (secondary N) is 2. The van der Waals surface area contributed by atoms with E-state index < -0.39 is 23.9 Å². The Balaban J connectivity index is 1.66. The van der Waals surface area contributed by atoms with Gasteiger partial charge in [0, 0.05) is 24.3 Å². The standard InChI is InChI=1S/C34H38N4O5/c1-6-43-33(41)25-11-9-12-26(19-25)35-34(42)36-28-20-37(17-16-22(2)3)29-15-14-23(4)18-30(29)38(32(28)40)21-31(39)27-13-8-7-10-24(27)5/h7-16,18-19,28H,6,17,20-21H2,1-5H3,(H2,35,36,42). The molecule has 0 fully saturated rings. The summed E-state index contributed by atoms with van der Waals surface area (Å²) in [6.07, 6.45) is 2.06. The third-order valence-corrected chi connectivity index (χ3v) is 7.13. The van der Waals surface area contributed by atoms with Crippen LogP contribution in [0.4, 0.5) is 21.9 Å². The van der Waals surface area contributed by atoms with Gasteiger partial charge in [0.25, 0.3) is 5.91 Å². The minimum Gasteiger partial charge on any atom is -0.462 e. The first-order chi connectivity index (χ1) is 20.6. The van der Waals surface area contributed by atoms with Gasteiger partial charge in [-0.25, -0.2) is 9.59 Å². The molecule has 0 aromatic heterocycles. The van der Waals surface area contributed by atoms with Gasteiger partial charge in [0.2, 0.25) is 0 Å². The maximum absolute atomic E-state index is 14.2. The molecule has 3 amide bonds. The number of fused-ring (bicyclic) bond motifs is 1. The Morgan fingerprint density at radius 2 is 1.74 bits per heavy atom. The predicted molar refractivity (Wildman–Crippen MR) is 169 cm³/mol. The molecule has 2 N–H and O–H groups in total. The van der Waals surface area contributed by atoms with Gasteiger partial charge in [-0.3, -0.25) is 9.59 Å². The van der Waals surface area contributed by atoms with Crippen molar-refractivity contribution in [2.24, 2.45) is 0 Å². The van der Waals surface area contributed by atoms with Crippen molar-refractivity contribution in [3.05, 3.63) is 101 Å². The highest BCUT2D eigenvalue weighted by Crippen LogP contribution is 2.34. The first-order valence-corrected chi connectivity index (χ1v) is 14.3. The normalized spacial score (nSPS) is 14.3. The number of amides is 3. The number of allylic oxidation sites excluding steroid dienone is 1. The molecular formula is C34H38N4O5. The number of Topliss-reactive ketones (excluding diaryl/α,β-unsaturated/α-hetero) is 1. The fourth-order valence-corrected chi connectivity index (χ4v) is 4.94. The molecule has 9 heteroatoms. The zero-order chi connectivity index (χ0) is 31.1. The van der Waals surface area contributed by atoms with Crippen LogP contribution in [-0.2, 0) is 9.53 Å². The first-order valence-electron chi connectivity index (χ1n) is 14.3. The molecule has 1 heterocycles. The number of aryl methyl sites for hydroxylation is 2. The number of esters is 1. The van der Waals surface area contributed by atoms with Gasteiger partial charge in [0.15, 0.2) is 5.78 Å². The SMILES string of the molecule is CCOC(=O)c1cccc(NC(=O)NC2CN(CC=C(C)C)c3ccc(C)cc3N(CC(=O)c3ccccc3C)C2=O)c1. The number of rotatable bonds is 9. The Bertz CT molecular complexity index is 1560. The summed E-state index contributed by atoms with van der Waals surface area (Å²) in [5.41, 5.74) is 5.48. The summed E-state index contributed by atoms with van der Waals surface area (Å²) in [5, 5.41) is 5.55. The summed E-state index contributed by atoms with van der Waals surface area (Å²) in [4.78, 5) is 56.6. The smallest absolute Gasteiger partial charge is 0.338 e. The number of nitrogens with zero attached hydrogens (tertiary/aromatic N) is 2. The van der Waals surface area contributed by atoms with E-state index >= 15 is 0 Å². The van der Waals surface area contributed by atoms with Crippen molar-refractivity contribution in [1.29, 1.82) is 0 Å². The van der Waals surface area contributed by atoms with Crippen LogP contribution in [0.2, 0.25) is 0 Å². The highest BCUT2D eigenvalue weighted by molar-refractivity contribution is 6.10. The summed E-state index contributed by atoms with van der Waals surface area (Å²) in [7, 11) is 0. The second kappa shape index (κ2) is 13.8. The summed E-state index contributed by atoms with van der Waals surface area (Å²) < 4.78 is 5.06. The van der Waals surface area contributed by atoms with Gasteiger partial charge in [-0.2, -0.15) is 0 Å². The van der Waals surface area contributed by atoms with Crippen LogP contribution in [0.5, 0.6) is 0 Å². The van der Waals surface area contributed by atoms with Gasteiger partial charge in [-0.15, -0.1) is 0 Å². The second-order valence-corrected chi connectivity index (χ2v) is 10.8. The number of carbonyl (C=O) groups is 4. The van der Waals surface area contributed by atoms with E-state index in [4.69, 9.17) is 4.74 Å². The molecule has 1 unspecified atom stereocenters. The van der Waals surface area contributed by atoms with Crippen molar-refractivity contribution in [1.82, 2.24) is 5.32 Å². The van der Waals surface area contributed by atoms with Crippen LogP contribution in [0.1, 0.15) is 52.6 Å². The number of ketones is 1. The molecule has 1 aliphatic rings. The number of hydrogen-bond donors (Lipinski definition) is 2. The maximum Gasteiger partial charge on any atom is 0.338 e. The van der Waals surface area contributed by atoms with Crippen LogP contribution < -0.4 is 20.4 Å². The maximum atomic E-state index is 14.2. The quantitative estimate of drug-likeness (QED) is 0.191. The van der Waals surface area contributed by atoms with Crippen molar-refractivity contribution in [2.45, 2.75) is 40.7 Å². The van der Waals surface area contributed by atoms with Gasteiger partial charge in [-0.1, -0.05) is 48.0 Å². The number of ether oxygens (including phenoxy) is 1.